The zero-order chi connectivity index (χ0) is 37.3. The van der Waals surface area contributed by atoms with E-state index in [4.69, 9.17) is 0 Å². The fourth-order valence-corrected chi connectivity index (χ4v) is 10.1. The van der Waals surface area contributed by atoms with Gasteiger partial charge in [0.25, 0.3) is 0 Å². The van der Waals surface area contributed by atoms with E-state index < -0.39 is 0 Å². The van der Waals surface area contributed by atoms with E-state index in [1.54, 1.807) is 0 Å². The van der Waals surface area contributed by atoms with E-state index in [-0.39, 0.29) is 0 Å². The maximum atomic E-state index is 2.37. The molecule has 288 valence electrons. The highest BCUT2D eigenvalue weighted by molar-refractivity contribution is 4.97. The van der Waals surface area contributed by atoms with Crippen molar-refractivity contribution in [2.24, 2.45) is 106 Å². The lowest BCUT2D eigenvalue weighted by Gasteiger charge is -2.49. The van der Waals surface area contributed by atoms with Crippen LogP contribution in [0.5, 0.6) is 0 Å². The third-order valence-electron chi connectivity index (χ3n) is 15.5. The number of rotatable bonds is 10. The molecule has 5 saturated carbocycles. The van der Waals surface area contributed by atoms with Crippen molar-refractivity contribution < 1.29 is 0 Å². The van der Waals surface area contributed by atoms with Gasteiger partial charge >= 0.3 is 0 Å². The summed E-state index contributed by atoms with van der Waals surface area (Å²) >= 11 is 0. The molecule has 5 rings (SSSR count). The first kappa shape index (κ1) is 46.0. The molecular formula is C48H96. The second kappa shape index (κ2) is 20.3. The number of hydrogen-bond acceptors (Lipinski definition) is 0. The van der Waals surface area contributed by atoms with Crippen molar-refractivity contribution in [3.63, 3.8) is 0 Å². The lowest BCUT2D eigenvalue weighted by molar-refractivity contribution is 0.0135. The van der Waals surface area contributed by atoms with Crippen molar-refractivity contribution in [3.05, 3.63) is 0 Å². The average molecular weight is 673 g/mol. The van der Waals surface area contributed by atoms with Crippen molar-refractivity contribution in [1.82, 2.24) is 0 Å². The van der Waals surface area contributed by atoms with Crippen LogP contribution in [0.3, 0.4) is 0 Å². The van der Waals surface area contributed by atoms with Gasteiger partial charge in [-0.2, -0.15) is 0 Å². The average Bonchev–Trinajstić information content (AvgIpc) is 3.75. The second-order valence-electron chi connectivity index (χ2n) is 21.4. The van der Waals surface area contributed by atoms with Gasteiger partial charge in [0.05, 0.1) is 0 Å². The summed E-state index contributed by atoms with van der Waals surface area (Å²) in [4.78, 5) is 0. The maximum absolute atomic E-state index is 2.37. The Bertz CT molecular complexity index is 762. The lowest BCUT2D eigenvalue weighted by Crippen LogP contribution is -2.39. The third-order valence-corrected chi connectivity index (χ3v) is 15.5. The normalized spacial score (nSPS) is 29.4. The summed E-state index contributed by atoms with van der Waals surface area (Å²) in [6.07, 6.45) is 14.8. The summed E-state index contributed by atoms with van der Waals surface area (Å²) < 4.78 is 0. The summed E-state index contributed by atoms with van der Waals surface area (Å²) in [5.74, 6) is 15.4. The van der Waals surface area contributed by atoms with Gasteiger partial charge in [-0.15, -0.1) is 0 Å². The molecule has 48 heavy (non-hydrogen) atoms. The first-order valence-corrected chi connectivity index (χ1v) is 22.0. The highest BCUT2D eigenvalue weighted by Gasteiger charge is 2.47. The minimum atomic E-state index is 0.722. The van der Waals surface area contributed by atoms with E-state index in [1.807, 2.05) is 0 Å². The Hall–Kier alpha value is 0. The molecule has 4 atom stereocenters. The van der Waals surface area contributed by atoms with Crippen molar-refractivity contribution in [2.45, 2.75) is 203 Å². The molecule has 4 unspecified atom stereocenters. The molecule has 5 aliphatic carbocycles. The molecule has 0 aliphatic heterocycles. The third kappa shape index (κ3) is 13.2. The lowest BCUT2D eigenvalue weighted by atomic mass is 9.56. The van der Waals surface area contributed by atoms with Gasteiger partial charge in [0.15, 0.2) is 0 Å². The summed E-state index contributed by atoms with van der Waals surface area (Å²) in [7, 11) is 0. The zero-order valence-corrected chi connectivity index (χ0v) is 37.3. The monoisotopic (exact) mass is 673 g/mol. The van der Waals surface area contributed by atoms with E-state index >= 15 is 0 Å². The van der Waals surface area contributed by atoms with Crippen LogP contribution in [0.1, 0.15) is 203 Å². The van der Waals surface area contributed by atoms with Gasteiger partial charge in [0.1, 0.15) is 0 Å². The molecule has 0 saturated heterocycles. The Morgan fingerprint density at radius 1 is 0.312 bits per heavy atom. The fourth-order valence-electron chi connectivity index (χ4n) is 10.1. The van der Waals surface area contributed by atoms with Crippen LogP contribution < -0.4 is 0 Å². The Kier molecular flexibility index (Phi) is 19.5. The van der Waals surface area contributed by atoms with E-state index in [0.29, 0.717) is 0 Å². The van der Waals surface area contributed by atoms with Crippen LogP contribution in [-0.2, 0) is 0 Å². The van der Waals surface area contributed by atoms with Crippen LogP contribution in [0.4, 0.5) is 0 Å². The standard InChI is InChI=1S/3C10H20.2C9H18/c1-7(2)9-5-10(6-9)8(3)4;1-8(2)10(9(3)4)6-5-7-10;1-7(2)9-5-6-10(9)8(3)4;1-7(2)9(5-6-9)8(3)4;1-6(2)8-5-9(8)7(3)4/h7-10H,5-6H2,1-4H3;8-9H,5-7H2,1-4H3;7-10H,5-6H2,1-4H3;7-8H,5-6H2,1-4H3;6-9H,5H2,1-4H3. The quantitative estimate of drug-likeness (QED) is 0.217. The Morgan fingerprint density at radius 3 is 0.667 bits per heavy atom. The van der Waals surface area contributed by atoms with Crippen molar-refractivity contribution in [2.75, 3.05) is 0 Å². The second-order valence-corrected chi connectivity index (χ2v) is 21.4. The predicted octanol–water partition coefficient (Wildman–Crippen LogP) is 16.1. The highest BCUT2D eigenvalue weighted by Crippen LogP contribution is 2.57. The predicted molar refractivity (Wildman–Crippen MR) is 220 cm³/mol. The number of hydrogen-bond donors (Lipinski definition) is 0. The first-order chi connectivity index (χ1) is 22.0. The smallest absolute Gasteiger partial charge is 0.0251 e. The molecule has 0 aromatic carbocycles. The van der Waals surface area contributed by atoms with Gasteiger partial charge in [-0.3, -0.25) is 0 Å². The summed E-state index contributed by atoms with van der Waals surface area (Å²) in [6.45, 7) is 47.1. The minimum Gasteiger partial charge on any atom is -0.0625 e. The first-order valence-electron chi connectivity index (χ1n) is 22.0. The van der Waals surface area contributed by atoms with Crippen molar-refractivity contribution in [3.8, 4) is 0 Å². The molecule has 5 fully saturated rings. The van der Waals surface area contributed by atoms with Crippen LogP contribution in [0.15, 0.2) is 0 Å². The Morgan fingerprint density at radius 2 is 0.583 bits per heavy atom. The van der Waals surface area contributed by atoms with Crippen LogP contribution in [0.2, 0.25) is 0 Å². The summed E-state index contributed by atoms with van der Waals surface area (Å²) in [5, 5.41) is 0. The summed E-state index contributed by atoms with van der Waals surface area (Å²) in [6, 6.07) is 0. The molecule has 0 bridgehead atoms. The van der Waals surface area contributed by atoms with Crippen LogP contribution in [0, 0.1) is 106 Å². The van der Waals surface area contributed by atoms with Crippen molar-refractivity contribution >= 4 is 0 Å². The molecule has 0 heteroatoms. The van der Waals surface area contributed by atoms with E-state index in [0.717, 1.165) is 106 Å². The molecule has 5 aliphatic rings. The van der Waals surface area contributed by atoms with E-state index in [1.165, 1.54) is 64.2 Å². The maximum Gasteiger partial charge on any atom is -0.0251 e. The largest absolute Gasteiger partial charge is 0.0625 e. The summed E-state index contributed by atoms with van der Waals surface area (Å²) in [5.41, 5.74) is 1.47. The molecule has 0 spiro atoms. The molecule has 0 amide bonds. The van der Waals surface area contributed by atoms with Gasteiger partial charge in [-0.05, 0) is 163 Å². The van der Waals surface area contributed by atoms with Crippen LogP contribution in [0.25, 0.3) is 0 Å². The SMILES string of the molecule is CC(C)C1(C(C)C)CC1.CC(C)C1(C(C)C)CCC1.CC(C)C1CC(C(C)C)C1.CC(C)C1CC1C(C)C.CC(C)C1CCC1C(C)C. The molecule has 0 aromatic rings. The van der Waals surface area contributed by atoms with Gasteiger partial charge in [-0.1, -0.05) is 145 Å². The van der Waals surface area contributed by atoms with Crippen LogP contribution in [-0.4, -0.2) is 0 Å². The van der Waals surface area contributed by atoms with Gasteiger partial charge < -0.3 is 0 Å². The molecule has 0 nitrogen and oxygen atoms in total. The highest BCUT2D eigenvalue weighted by atomic mass is 14.5. The van der Waals surface area contributed by atoms with Crippen molar-refractivity contribution in [1.29, 1.82) is 0 Å². The van der Waals surface area contributed by atoms with Gasteiger partial charge in [0.2, 0.25) is 0 Å². The minimum absolute atomic E-state index is 0.722. The van der Waals surface area contributed by atoms with Gasteiger partial charge in [-0.25, -0.2) is 0 Å². The van der Waals surface area contributed by atoms with Crippen LogP contribution >= 0.6 is 0 Å². The molecule has 0 radical (unpaired) electrons. The molecule has 0 aromatic heterocycles. The molecule has 0 N–H and O–H groups in total. The Balaban J connectivity index is 0.000000300. The molecular weight excluding hydrogens is 577 g/mol. The van der Waals surface area contributed by atoms with E-state index in [9.17, 15) is 0 Å². The fraction of sp³-hybridized carbons (Fsp3) is 1.00. The molecule has 0 heterocycles. The van der Waals surface area contributed by atoms with Gasteiger partial charge in [0, 0.05) is 0 Å². The topological polar surface area (TPSA) is 0 Å². The zero-order valence-electron chi connectivity index (χ0n) is 37.3. The Labute approximate surface area is 307 Å². The van der Waals surface area contributed by atoms with E-state index in [2.05, 4.69) is 138 Å².